The van der Waals surface area contributed by atoms with Gasteiger partial charge >= 0.3 is 0 Å². The van der Waals surface area contributed by atoms with Crippen molar-refractivity contribution in [2.24, 2.45) is 0 Å². The summed E-state index contributed by atoms with van der Waals surface area (Å²) < 4.78 is 11.6. The fraction of sp³-hybridized carbons (Fsp3) is 0.0526. The van der Waals surface area contributed by atoms with Crippen molar-refractivity contribution in [3.8, 4) is 11.5 Å². The Morgan fingerprint density at radius 1 is 1.08 bits per heavy atom. The van der Waals surface area contributed by atoms with E-state index in [4.69, 9.17) is 21.1 Å². The normalized spacial score (nSPS) is 12.7. The predicted molar refractivity (Wildman–Crippen MR) is 103 cm³/mol. The van der Waals surface area contributed by atoms with Gasteiger partial charge in [-0.1, -0.05) is 29.8 Å². The Morgan fingerprint density at radius 2 is 1.92 bits per heavy atom. The Balaban J connectivity index is 1.53. The van der Waals surface area contributed by atoms with Gasteiger partial charge in [0.25, 0.3) is 5.91 Å². The van der Waals surface area contributed by atoms with Crippen molar-refractivity contribution in [3.63, 3.8) is 0 Å². The molecule has 1 aliphatic rings. The van der Waals surface area contributed by atoms with Crippen LogP contribution >= 0.6 is 22.9 Å². The van der Waals surface area contributed by atoms with E-state index < -0.39 is 0 Å². The Morgan fingerprint density at radius 3 is 2.85 bits per heavy atom. The number of hydrogen-bond donors (Lipinski definition) is 1. The van der Waals surface area contributed by atoms with Gasteiger partial charge in [0, 0.05) is 27.2 Å². The van der Waals surface area contributed by atoms with Crippen LogP contribution in [0.15, 0.2) is 48.5 Å². The van der Waals surface area contributed by atoms with E-state index in [1.807, 2.05) is 24.3 Å². The number of nitrogens with zero attached hydrogens (tertiary/aromatic N) is 1. The summed E-state index contributed by atoms with van der Waals surface area (Å²) in [5.74, 6) is 1.09. The second-order valence-corrected chi connectivity index (χ2v) is 7.21. The number of benzene rings is 2. The maximum absolute atomic E-state index is 12.7. The van der Waals surface area contributed by atoms with Gasteiger partial charge in [0.2, 0.25) is 6.79 Å². The number of fused-ring (bicyclic) bond motifs is 4. The highest BCUT2D eigenvalue weighted by atomic mass is 35.5. The standard InChI is InChI=1S/C19H11ClN2O3S/c20-18-12-8-16(26-17(12)11-3-1-2-4-13(11)22-18)19(23)21-10-5-6-14-15(7-10)25-9-24-14/h1-8H,9H2,(H,21,23). The summed E-state index contributed by atoms with van der Waals surface area (Å²) in [6.45, 7) is 0.196. The number of halogens is 1. The van der Waals surface area contributed by atoms with Crippen molar-refractivity contribution < 1.29 is 14.3 Å². The molecule has 1 N–H and O–H groups in total. The zero-order valence-electron chi connectivity index (χ0n) is 13.3. The molecular weight excluding hydrogens is 372 g/mol. The summed E-state index contributed by atoms with van der Waals surface area (Å²) in [7, 11) is 0. The van der Waals surface area contributed by atoms with E-state index in [0.717, 1.165) is 21.0 Å². The summed E-state index contributed by atoms with van der Waals surface area (Å²) in [5.41, 5.74) is 1.46. The van der Waals surface area contributed by atoms with Crippen LogP contribution in [0.5, 0.6) is 11.5 Å². The number of amides is 1. The van der Waals surface area contributed by atoms with Gasteiger partial charge in [-0.05, 0) is 24.3 Å². The van der Waals surface area contributed by atoms with E-state index in [0.29, 0.717) is 27.2 Å². The van der Waals surface area contributed by atoms with E-state index in [-0.39, 0.29) is 12.7 Å². The highest BCUT2D eigenvalue weighted by Gasteiger charge is 2.17. The molecule has 0 fully saturated rings. The SMILES string of the molecule is O=C(Nc1ccc2c(c1)OCO2)c1cc2c(Cl)nc3ccccc3c2s1. The predicted octanol–water partition coefficient (Wildman–Crippen LogP) is 5.08. The molecule has 5 rings (SSSR count). The first-order chi connectivity index (χ1) is 12.7. The summed E-state index contributed by atoms with van der Waals surface area (Å²) in [5, 5.41) is 5.06. The van der Waals surface area contributed by atoms with Gasteiger partial charge < -0.3 is 14.8 Å². The van der Waals surface area contributed by atoms with Gasteiger partial charge in [0.1, 0.15) is 5.15 Å². The van der Waals surface area contributed by atoms with E-state index in [9.17, 15) is 4.79 Å². The third-order valence-electron chi connectivity index (χ3n) is 4.18. The smallest absolute Gasteiger partial charge is 0.265 e. The first kappa shape index (κ1) is 15.4. The molecule has 3 heterocycles. The topological polar surface area (TPSA) is 60.5 Å². The van der Waals surface area contributed by atoms with Crippen LogP contribution in [-0.2, 0) is 0 Å². The summed E-state index contributed by atoms with van der Waals surface area (Å²) in [6, 6.07) is 14.8. The van der Waals surface area contributed by atoms with Crippen molar-refractivity contribution in [1.29, 1.82) is 0 Å². The largest absolute Gasteiger partial charge is 0.454 e. The molecule has 0 bridgehead atoms. The third-order valence-corrected chi connectivity index (χ3v) is 5.63. The number of para-hydroxylation sites is 1. The van der Waals surface area contributed by atoms with Crippen LogP contribution in [0.1, 0.15) is 9.67 Å². The first-order valence-electron chi connectivity index (χ1n) is 7.88. The number of anilines is 1. The zero-order chi connectivity index (χ0) is 17.7. The molecule has 1 aliphatic heterocycles. The first-order valence-corrected chi connectivity index (χ1v) is 9.07. The Labute approximate surface area is 157 Å². The van der Waals surface area contributed by atoms with E-state index in [1.165, 1.54) is 11.3 Å². The van der Waals surface area contributed by atoms with Gasteiger partial charge in [0.05, 0.1) is 10.4 Å². The lowest BCUT2D eigenvalue weighted by Crippen LogP contribution is -2.09. The maximum Gasteiger partial charge on any atom is 0.265 e. The minimum absolute atomic E-state index is 0.196. The number of hydrogen-bond acceptors (Lipinski definition) is 5. The van der Waals surface area contributed by atoms with Gasteiger partial charge in [-0.25, -0.2) is 4.98 Å². The molecule has 7 heteroatoms. The molecule has 2 aromatic heterocycles. The number of pyridine rings is 1. The molecule has 26 heavy (non-hydrogen) atoms. The molecule has 2 aromatic carbocycles. The molecule has 0 spiro atoms. The monoisotopic (exact) mass is 382 g/mol. The molecule has 5 nitrogen and oxygen atoms in total. The van der Waals surface area contributed by atoms with Gasteiger partial charge in [0.15, 0.2) is 11.5 Å². The van der Waals surface area contributed by atoms with Crippen molar-refractivity contribution >= 4 is 55.5 Å². The molecule has 0 aliphatic carbocycles. The van der Waals surface area contributed by atoms with Crippen LogP contribution in [-0.4, -0.2) is 17.7 Å². The van der Waals surface area contributed by atoms with E-state index >= 15 is 0 Å². The molecular formula is C19H11ClN2O3S. The van der Waals surface area contributed by atoms with Crippen LogP contribution in [0.4, 0.5) is 5.69 Å². The molecule has 0 saturated heterocycles. The van der Waals surface area contributed by atoms with Crippen LogP contribution in [0.2, 0.25) is 5.15 Å². The summed E-state index contributed by atoms with van der Waals surface area (Å²) in [4.78, 5) is 17.7. The molecule has 0 saturated carbocycles. The van der Waals surface area contributed by atoms with E-state index in [1.54, 1.807) is 24.3 Å². The number of thiophene rings is 1. The molecule has 0 radical (unpaired) electrons. The average Bonchev–Trinajstić information content (AvgIpc) is 3.29. The van der Waals surface area contributed by atoms with Gasteiger partial charge in [-0.2, -0.15) is 0 Å². The Kier molecular flexibility index (Phi) is 3.48. The third kappa shape index (κ3) is 2.46. The molecule has 128 valence electrons. The second kappa shape index (κ2) is 5.86. The number of aromatic nitrogens is 1. The Bertz CT molecular complexity index is 1190. The average molecular weight is 383 g/mol. The van der Waals surface area contributed by atoms with Crippen LogP contribution in [0, 0.1) is 0 Å². The number of rotatable bonds is 2. The van der Waals surface area contributed by atoms with E-state index in [2.05, 4.69) is 10.3 Å². The molecule has 1 amide bonds. The highest BCUT2D eigenvalue weighted by Crippen LogP contribution is 2.37. The fourth-order valence-electron chi connectivity index (χ4n) is 2.95. The van der Waals surface area contributed by atoms with Crippen molar-refractivity contribution in [1.82, 2.24) is 4.98 Å². The van der Waals surface area contributed by atoms with Crippen LogP contribution in [0.3, 0.4) is 0 Å². The summed E-state index contributed by atoms with van der Waals surface area (Å²) >= 11 is 7.71. The number of ether oxygens (including phenoxy) is 2. The van der Waals surface area contributed by atoms with Crippen molar-refractivity contribution in [2.45, 2.75) is 0 Å². The van der Waals surface area contributed by atoms with Gasteiger partial charge in [-0.3, -0.25) is 4.79 Å². The highest BCUT2D eigenvalue weighted by molar-refractivity contribution is 7.22. The summed E-state index contributed by atoms with van der Waals surface area (Å²) in [6.07, 6.45) is 0. The quantitative estimate of drug-likeness (QED) is 0.491. The van der Waals surface area contributed by atoms with Crippen LogP contribution in [0.25, 0.3) is 21.0 Å². The molecule has 0 atom stereocenters. The number of carbonyl (C=O) groups is 1. The maximum atomic E-state index is 12.7. The zero-order valence-corrected chi connectivity index (χ0v) is 14.9. The van der Waals surface area contributed by atoms with Crippen molar-refractivity contribution in [3.05, 3.63) is 58.6 Å². The fourth-order valence-corrected chi connectivity index (χ4v) is 4.34. The lowest BCUT2D eigenvalue weighted by atomic mass is 10.2. The molecule has 4 aromatic rings. The minimum Gasteiger partial charge on any atom is -0.454 e. The second-order valence-electron chi connectivity index (χ2n) is 5.80. The number of nitrogens with one attached hydrogen (secondary N) is 1. The lowest BCUT2D eigenvalue weighted by Gasteiger charge is -2.04. The Hall–Kier alpha value is -2.83. The number of carbonyl (C=O) groups excluding carboxylic acids is 1. The lowest BCUT2D eigenvalue weighted by molar-refractivity contribution is 0.103. The van der Waals surface area contributed by atoms with Crippen LogP contribution < -0.4 is 14.8 Å². The molecule has 0 unspecified atom stereocenters. The van der Waals surface area contributed by atoms with Gasteiger partial charge in [-0.15, -0.1) is 11.3 Å². The van der Waals surface area contributed by atoms with Crippen molar-refractivity contribution in [2.75, 3.05) is 12.1 Å². The minimum atomic E-state index is -0.204.